The number of carbonyl (C=O) groups excluding carboxylic acids is 2. The van der Waals surface area contributed by atoms with Gasteiger partial charge in [0.25, 0.3) is 5.91 Å². The second kappa shape index (κ2) is 9.28. The van der Waals surface area contributed by atoms with E-state index in [9.17, 15) is 40.7 Å². The zero-order valence-corrected chi connectivity index (χ0v) is 21.4. The Labute approximate surface area is 211 Å². The minimum atomic E-state index is -5.15. The van der Waals surface area contributed by atoms with Crippen molar-refractivity contribution in [2.45, 2.75) is 62.6 Å². The summed E-state index contributed by atoms with van der Waals surface area (Å²) in [5.74, 6) is -2.25. The topological polar surface area (TPSA) is 113 Å². The number of rotatable bonds is 4. The molecule has 2 amide bonds. The van der Waals surface area contributed by atoms with Gasteiger partial charge in [0, 0.05) is 17.5 Å². The number of nitrogens with zero attached hydrogens (tertiary/aromatic N) is 1. The lowest BCUT2D eigenvalue weighted by Gasteiger charge is -2.29. The molecule has 1 aliphatic rings. The summed E-state index contributed by atoms with van der Waals surface area (Å²) in [6.07, 6.45) is -5.01. The normalized spacial score (nSPS) is 17.7. The molecule has 0 bridgehead atoms. The third kappa shape index (κ3) is 5.87. The molecular weight excluding hydrogens is 520 g/mol. The number of halogens is 4. The van der Waals surface area contributed by atoms with Crippen molar-refractivity contribution in [3.8, 4) is 0 Å². The summed E-state index contributed by atoms with van der Waals surface area (Å²) >= 11 is 0. The first-order valence-corrected chi connectivity index (χ1v) is 12.8. The standard InChI is InChI=1S/C24H26F4N2O6S/c1-22(2,3)36-21(32)30-12-13-10-15(37(5,34)35)7-8-16(13)19(30)20(31)29-14-6-9-17(18(25)11-14)23(4,33)24(26,27)28/h6-11,19,33H,12H2,1-5H3,(H,29,31). The first-order chi connectivity index (χ1) is 16.7. The Morgan fingerprint density at radius 2 is 1.70 bits per heavy atom. The van der Waals surface area contributed by atoms with Gasteiger partial charge in [0.05, 0.1) is 11.4 Å². The van der Waals surface area contributed by atoms with E-state index in [1.165, 1.54) is 18.2 Å². The third-order valence-corrected chi connectivity index (χ3v) is 6.79. The van der Waals surface area contributed by atoms with Gasteiger partial charge in [0.15, 0.2) is 15.4 Å². The molecule has 1 heterocycles. The van der Waals surface area contributed by atoms with Crippen LogP contribution in [0.4, 0.5) is 28.0 Å². The molecule has 0 aliphatic carbocycles. The van der Waals surface area contributed by atoms with Crippen molar-refractivity contribution in [2.75, 3.05) is 11.6 Å². The fourth-order valence-corrected chi connectivity index (χ4v) is 4.45. The molecule has 1 aliphatic heterocycles. The first-order valence-electron chi connectivity index (χ1n) is 10.9. The largest absolute Gasteiger partial charge is 0.444 e. The highest BCUT2D eigenvalue weighted by Gasteiger charge is 2.52. The lowest BCUT2D eigenvalue weighted by Crippen LogP contribution is -2.40. The van der Waals surface area contributed by atoms with Crippen LogP contribution in [0.2, 0.25) is 0 Å². The van der Waals surface area contributed by atoms with Crippen LogP contribution in [0.1, 0.15) is 50.4 Å². The van der Waals surface area contributed by atoms with Gasteiger partial charge in [-0.3, -0.25) is 9.69 Å². The van der Waals surface area contributed by atoms with Crippen LogP contribution in [0, 0.1) is 5.82 Å². The number of nitrogens with one attached hydrogen (secondary N) is 1. The van der Waals surface area contributed by atoms with Crippen LogP contribution in [0.15, 0.2) is 41.3 Å². The van der Waals surface area contributed by atoms with Crippen LogP contribution in [0.3, 0.4) is 0 Å². The molecule has 0 saturated heterocycles. The fraction of sp³-hybridized carbons (Fsp3) is 0.417. The number of aliphatic hydroxyl groups is 1. The van der Waals surface area contributed by atoms with Crippen LogP contribution in [0.5, 0.6) is 0 Å². The molecule has 2 N–H and O–H groups in total. The van der Waals surface area contributed by atoms with Gasteiger partial charge in [0.2, 0.25) is 0 Å². The van der Waals surface area contributed by atoms with Crippen molar-refractivity contribution in [1.82, 2.24) is 4.90 Å². The number of anilines is 1. The van der Waals surface area contributed by atoms with Crippen LogP contribution < -0.4 is 5.32 Å². The lowest BCUT2D eigenvalue weighted by atomic mass is 9.94. The highest BCUT2D eigenvalue weighted by Crippen LogP contribution is 2.41. The molecule has 37 heavy (non-hydrogen) atoms. The van der Waals surface area contributed by atoms with Gasteiger partial charge in [-0.25, -0.2) is 17.6 Å². The maximum Gasteiger partial charge on any atom is 0.421 e. The monoisotopic (exact) mass is 546 g/mol. The molecule has 202 valence electrons. The molecule has 3 rings (SSSR count). The third-order valence-electron chi connectivity index (χ3n) is 5.68. The van der Waals surface area contributed by atoms with E-state index in [0.29, 0.717) is 30.2 Å². The Kier molecular flexibility index (Phi) is 7.12. The lowest BCUT2D eigenvalue weighted by molar-refractivity contribution is -0.259. The minimum Gasteiger partial charge on any atom is -0.444 e. The number of alkyl halides is 3. The Hall–Kier alpha value is -3.19. The van der Waals surface area contributed by atoms with E-state index in [-0.39, 0.29) is 17.1 Å². The molecule has 0 saturated carbocycles. The van der Waals surface area contributed by atoms with Gasteiger partial charge in [-0.2, -0.15) is 13.2 Å². The second-order valence-corrected chi connectivity index (χ2v) is 11.9. The van der Waals surface area contributed by atoms with E-state index < -0.39 is 56.6 Å². The van der Waals surface area contributed by atoms with Gasteiger partial charge in [-0.05, 0) is 63.1 Å². The molecule has 0 radical (unpaired) electrons. The smallest absolute Gasteiger partial charge is 0.421 e. The number of amides is 2. The maximum absolute atomic E-state index is 14.5. The number of sulfone groups is 1. The summed E-state index contributed by atoms with van der Waals surface area (Å²) in [4.78, 5) is 27.2. The number of benzene rings is 2. The van der Waals surface area contributed by atoms with Crippen LogP contribution >= 0.6 is 0 Å². The van der Waals surface area contributed by atoms with Crippen molar-refractivity contribution < 1.29 is 45.4 Å². The average molecular weight is 547 g/mol. The summed E-state index contributed by atoms with van der Waals surface area (Å²) < 4.78 is 83.2. The molecule has 0 spiro atoms. The Morgan fingerprint density at radius 1 is 1.08 bits per heavy atom. The highest BCUT2D eigenvalue weighted by molar-refractivity contribution is 7.90. The summed E-state index contributed by atoms with van der Waals surface area (Å²) in [5, 5.41) is 12.1. The van der Waals surface area contributed by atoms with E-state index >= 15 is 0 Å². The molecule has 0 aromatic heterocycles. The molecular formula is C24H26F4N2O6S. The van der Waals surface area contributed by atoms with Gasteiger partial charge in [-0.15, -0.1) is 0 Å². The Balaban J connectivity index is 1.97. The zero-order valence-electron chi connectivity index (χ0n) is 20.6. The predicted molar refractivity (Wildman–Crippen MR) is 125 cm³/mol. The summed E-state index contributed by atoms with van der Waals surface area (Å²) in [6, 6.07) is 4.99. The van der Waals surface area contributed by atoms with Crippen molar-refractivity contribution >= 4 is 27.5 Å². The summed E-state index contributed by atoms with van der Waals surface area (Å²) in [5.41, 5.74) is -4.97. The molecule has 2 aromatic carbocycles. The zero-order chi connectivity index (χ0) is 28.1. The van der Waals surface area contributed by atoms with Crippen molar-refractivity contribution in [1.29, 1.82) is 0 Å². The predicted octanol–water partition coefficient (Wildman–Crippen LogP) is 4.43. The molecule has 8 nitrogen and oxygen atoms in total. The summed E-state index contributed by atoms with van der Waals surface area (Å²) in [6.45, 7) is 5.09. The molecule has 0 fully saturated rings. The fourth-order valence-electron chi connectivity index (χ4n) is 3.78. The van der Waals surface area contributed by atoms with Crippen molar-refractivity contribution in [3.05, 3.63) is 58.9 Å². The average Bonchev–Trinajstić information content (AvgIpc) is 3.10. The van der Waals surface area contributed by atoms with E-state index in [0.717, 1.165) is 17.2 Å². The molecule has 13 heteroatoms. The van der Waals surface area contributed by atoms with Crippen LogP contribution in [-0.2, 0) is 31.5 Å². The quantitative estimate of drug-likeness (QED) is 0.549. The van der Waals surface area contributed by atoms with Gasteiger partial charge in [0.1, 0.15) is 17.5 Å². The van der Waals surface area contributed by atoms with Gasteiger partial charge >= 0.3 is 12.3 Å². The van der Waals surface area contributed by atoms with Crippen LogP contribution in [0.25, 0.3) is 0 Å². The highest BCUT2D eigenvalue weighted by atomic mass is 32.2. The van der Waals surface area contributed by atoms with Gasteiger partial charge < -0.3 is 15.2 Å². The second-order valence-electron chi connectivity index (χ2n) is 9.90. The first kappa shape index (κ1) is 28.4. The maximum atomic E-state index is 14.5. The molecule has 2 atom stereocenters. The molecule has 2 unspecified atom stereocenters. The molecule has 2 aromatic rings. The Morgan fingerprint density at radius 3 is 2.22 bits per heavy atom. The number of ether oxygens (including phenoxy) is 1. The number of carbonyl (C=O) groups is 2. The number of fused-ring (bicyclic) bond motifs is 1. The van der Waals surface area contributed by atoms with Crippen LogP contribution in [-0.4, -0.2) is 48.5 Å². The van der Waals surface area contributed by atoms with Crippen molar-refractivity contribution in [2.24, 2.45) is 0 Å². The SMILES string of the molecule is CC(C)(C)OC(=O)N1Cc2cc(S(C)(=O)=O)ccc2C1C(=O)Nc1ccc(C(C)(O)C(F)(F)F)c(F)c1. The van der Waals surface area contributed by atoms with Gasteiger partial charge in [-0.1, -0.05) is 12.1 Å². The van der Waals surface area contributed by atoms with Crippen molar-refractivity contribution in [3.63, 3.8) is 0 Å². The van der Waals surface area contributed by atoms with E-state index in [1.807, 2.05) is 0 Å². The Bertz CT molecular complexity index is 1350. The van der Waals surface area contributed by atoms with E-state index in [4.69, 9.17) is 4.74 Å². The van der Waals surface area contributed by atoms with E-state index in [1.54, 1.807) is 20.8 Å². The number of hydrogen-bond donors (Lipinski definition) is 2. The summed E-state index contributed by atoms with van der Waals surface area (Å²) in [7, 11) is -3.59. The number of hydrogen-bond acceptors (Lipinski definition) is 6. The van der Waals surface area contributed by atoms with E-state index in [2.05, 4.69) is 5.32 Å². The minimum absolute atomic E-state index is 0.0224.